The average Bonchev–Trinajstić information content (AvgIpc) is 3.51. The summed E-state index contributed by atoms with van der Waals surface area (Å²) in [6, 6.07) is 5.34. The average molecular weight is 628 g/mol. The molecule has 8 rings (SSSR count). The van der Waals surface area contributed by atoms with Gasteiger partial charge in [0.25, 0.3) is 0 Å². The number of morpholine rings is 1. The number of rotatable bonds is 7. The van der Waals surface area contributed by atoms with Crippen molar-refractivity contribution in [2.24, 2.45) is 5.41 Å². The van der Waals surface area contributed by atoms with E-state index in [0.717, 1.165) is 83.0 Å². The fourth-order valence-electron chi connectivity index (χ4n) is 6.85. The Bertz CT molecular complexity index is 1720. The highest BCUT2D eigenvalue weighted by molar-refractivity contribution is 7.22. The summed E-state index contributed by atoms with van der Waals surface area (Å²) < 4.78 is 43.5. The molecule has 4 aromatic rings. The monoisotopic (exact) mass is 627 g/mol. The number of anilines is 2. The molecule has 3 N–H and O–H groups in total. The Morgan fingerprint density at radius 3 is 2.60 bits per heavy atom. The van der Waals surface area contributed by atoms with Crippen molar-refractivity contribution in [1.29, 1.82) is 0 Å². The van der Waals surface area contributed by atoms with Gasteiger partial charge >= 0.3 is 6.01 Å². The second-order valence-corrected chi connectivity index (χ2v) is 13.8. The van der Waals surface area contributed by atoms with Crippen LogP contribution in [-0.2, 0) is 4.74 Å². The quantitative estimate of drug-likeness (QED) is 0.298. The summed E-state index contributed by atoms with van der Waals surface area (Å²) in [4.78, 5) is 18.3. The maximum atomic E-state index is 16.7. The smallest absolute Gasteiger partial charge is 0.319 e. The predicted octanol–water partition coefficient (Wildman–Crippen LogP) is 4.85. The third kappa shape index (κ3) is 5.06. The first-order valence-corrected chi connectivity index (χ1v) is 16.0. The van der Waals surface area contributed by atoms with E-state index in [1.54, 1.807) is 6.07 Å². The molecule has 1 saturated carbocycles. The van der Waals surface area contributed by atoms with Gasteiger partial charge < -0.3 is 25.4 Å². The molecule has 1 aliphatic carbocycles. The van der Waals surface area contributed by atoms with Gasteiger partial charge in [-0.25, -0.2) is 13.8 Å². The molecule has 3 aliphatic heterocycles. The molecule has 13 heteroatoms. The van der Waals surface area contributed by atoms with Crippen molar-refractivity contribution in [2.45, 2.75) is 37.8 Å². The summed E-state index contributed by atoms with van der Waals surface area (Å²) in [5.74, 6) is -0.512. The zero-order valence-electron chi connectivity index (χ0n) is 23.5. The van der Waals surface area contributed by atoms with Crippen molar-refractivity contribution >= 4 is 55.0 Å². The Hall–Kier alpha value is -2.90. The largest absolute Gasteiger partial charge is 0.463 e. The van der Waals surface area contributed by atoms with Crippen LogP contribution in [-0.4, -0.2) is 84.5 Å². The zero-order valence-corrected chi connectivity index (χ0v) is 25.1. The number of thiazole rings is 1. The van der Waals surface area contributed by atoms with Crippen molar-refractivity contribution in [3.05, 3.63) is 34.9 Å². The normalized spacial score (nSPS) is 23.4. The molecular weight excluding hydrogens is 596 g/mol. The van der Waals surface area contributed by atoms with Crippen LogP contribution in [0.3, 0.4) is 0 Å². The number of nitrogen functional groups attached to an aromatic ring is 1. The van der Waals surface area contributed by atoms with Crippen LogP contribution in [0.15, 0.2) is 18.2 Å². The molecule has 0 spiro atoms. The van der Waals surface area contributed by atoms with E-state index in [1.807, 2.05) is 0 Å². The highest BCUT2D eigenvalue weighted by Gasteiger charge is 2.45. The van der Waals surface area contributed by atoms with Crippen LogP contribution in [0.4, 0.5) is 19.7 Å². The Balaban J connectivity index is 1.21. The van der Waals surface area contributed by atoms with Gasteiger partial charge in [0.2, 0.25) is 0 Å². The molecule has 43 heavy (non-hydrogen) atoms. The van der Waals surface area contributed by atoms with Gasteiger partial charge in [0.15, 0.2) is 10.9 Å². The van der Waals surface area contributed by atoms with E-state index in [9.17, 15) is 4.39 Å². The Morgan fingerprint density at radius 1 is 1.09 bits per heavy atom. The molecule has 0 amide bonds. The molecule has 3 saturated heterocycles. The number of hydrogen-bond acceptors (Lipinski definition) is 10. The van der Waals surface area contributed by atoms with Crippen LogP contribution in [0.2, 0.25) is 5.02 Å². The molecule has 2 unspecified atom stereocenters. The minimum absolute atomic E-state index is 0.0412. The lowest BCUT2D eigenvalue weighted by Gasteiger charge is -2.34. The fourth-order valence-corrected chi connectivity index (χ4v) is 8.01. The number of nitrogens with zero attached hydrogens (tertiary/aromatic N) is 5. The molecular formula is C30H32ClF2N7O2S. The number of benzene rings is 2. The second-order valence-electron chi connectivity index (χ2n) is 12.3. The van der Waals surface area contributed by atoms with E-state index in [4.69, 9.17) is 31.8 Å². The van der Waals surface area contributed by atoms with Gasteiger partial charge in [0.05, 0.1) is 29.5 Å². The highest BCUT2D eigenvalue weighted by atomic mass is 35.5. The van der Waals surface area contributed by atoms with Crippen molar-refractivity contribution in [3.8, 4) is 17.1 Å². The van der Waals surface area contributed by atoms with Gasteiger partial charge in [-0.1, -0.05) is 22.9 Å². The number of aromatic nitrogens is 3. The molecule has 9 nitrogen and oxygen atoms in total. The van der Waals surface area contributed by atoms with Gasteiger partial charge in [-0.3, -0.25) is 4.90 Å². The lowest BCUT2D eigenvalue weighted by atomic mass is 10.0. The minimum Gasteiger partial charge on any atom is -0.463 e. The third-order valence-electron chi connectivity index (χ3n) is 9.27. The van der Waals surface area contributed by atoms with Crippen LogP contribution in [0, 0.1) is 17.0 Å². The third-order valence-corrected chi connectivity index (χ3v) is 10.5. The van der Waals surface area contributed by atoms with Crippen LogP contribution < -0.4 is 20.7 Å². The molecule has 0 radical (unpaired) electrons. The summed E-state index contributed by atoms with van der Waals surface area (Å²) in [6.07, 6.45) is 4.32. The van der Waals surface area contributed by atoms with E-state index >= 15 is 4.39 Å². The minimum atomic E-state index is -0.608. The highest BCUT2D eigenvalue weighted by Crippen LogP contribution is 2.47. The van der Waals surface area contributed by atoms with E-state index in [1.165, 1.54) is 12.1 Å². The first kappa shape index (κ1) is 27.6. The molecule has 5 heterocycles. The van der Waals surface area contributed by atoms with Crippen molar-refractivity contribution in [1.82, 2.24) is 25.2 Å². The lowest BCUT2D eigenvalue weighted by Crippen LogP contribution is -2.51. The van der Waals surface area contributed by atoms with Crippen LogP contribution in [0.5, 0.6) is 6.01 Å². The molecule has 4 fully saturated rings. The topological polar surface area (TPSA) is 102 Å². The summed E-state index contributed by atoms with van der Waals surface area (Å²) in [5.41, 5.74) is 6.72. The Labute approximate surface area is 256 Å². The molecule has 2 aromatic heterocycles. The number of piperazine rings is 1. The second kappa shape index (κ2) is 10.6. The first-order chi connectivity index (χ1) is 20.9. The number of nitrogens with two attached hydrogens (primary N) is 1. The maximum Gasteiger partial charge on any atom is 0.319 e. The SMILES string of the molecule is Nc1nc2c(F)ccc(-c3c(Cl)cc4c(N5CC6CCC(C5)N6)nc(OCC5(CN6CCOCC6)CC5)nc4c3F)c2s1. The van der Waals surface area contributed by atoms with Crippen molar-refractivity contribution in [3.63, 3.8) is 0 Å². The molecule has 2 bridgehead atoms. The fraction of sp³-hybridized carbons (Fsp3) is 0.500. The Morgan fingerprint density at radius 2 is 1.86 bits per heavy atom. The summed E-state index contributed by atoms with van der Waals surface area (Å²) in [6.45, 7) is 6.23. The molecule has 2 atom stereocenters. The predicted molar refractivity (Wildman–Crippen MR) is 164 cm³/mol. The van der Waals surface area contributed by atoms with E-state index < -0.39 is 11.6 Å². The molecule has 2 aromatic carbocycles. The van der Waals surface area contributed by atoms with Gasteiger partial charge in [-0.15, -0.1) is 0 Å². The molecule has 226 valence electrons. The van der Waals surface area contributed by atoms with Gasteiger partial charge in [-0.2, -0.15) is 9.97 Å². The number of halogens is 3. The van der Waals surface area contributed by atoms with Crippen molar-refractivity contribution < 1.29 is 18.3 Å². The first-order valence-electron chi connectivity index (χ1n) is 14.8. The summed E-state index contributed by atoms with van der Waals surface area (Å²) >= 11 is 7.92. The van der Waals surface area contributed by atoms with Crippen LogP contribution in [0.25, 0.3) is 32.2 Å². The van der Waals surface area contributed by atoms with Crippen LogP contribution >= 0.6 is 22.9 Å². The molecule has 4 aliphatic rings. The number of ether oxygens (including phenoxy) is 2. The lowest BCUT2D eigenvalue weighted by molar-refractivity contribution is 0.0231. The maximum absolute atomic E-state index is 16.7. The van der Waals surface area contributed by atoms with Gasteiger partial charge in [-0.05, 0) is 43.9 Å². The summed E-state index contributed by atoms with van der Waals surface area (Å²) in [5, 5.41) is 4.55. The standard InChI is InChI=1S/C30H32ClF2N7O2S/c31-20-11-19-24(23(33)22(20)18-3-4-21(32)25-26(18)43-28(34)36-25)37-29(38-27(19)40-12-16-1-2-17(13-40)35-16)42-15-30(5-6-30)14-39-7-9-41-10-8-39/h3-4,11,16-17,35H,1-2,5-10,12-15H2,(H2,34,36). The number of nitrogens with one attached hydrogen (secondary N) is 1. The number of fused-ring (bicyclic) bond motifs is 4. The van der Waals surface area contributed by atoms with Gasteiger partial charge in [0, 0.05) is 66.7 Å². The van der Waals surface area contributed by atoms with E-state index in [2.05, 4.69) is 25.1 Å². The summed E-state index contributed by atoms with van der Waals surface area (Å²) in [7, 11) is 0. The zero-order chi connectivity index (χ0) is 29.3. The van der Waals surface area contributed by atoms with E-state index in [-0.39, 0.29) is 38.2 Å². The Kier molecular flexibility index (Phi) is 6.83. The van der Waals surface area contributed by atoms with Crippen molar-refractivity contribution in [2.75, 3.05) is 63.2 Å². The van der Waals surface area contributed by atoms with Gasteiger partial charge in [0.1, 0.15) is 22.7 Å². The van der Waals surface area contributed by atoms with Crippen LogP contribution in [0.1, 0.15) is 25.7 Å². The number of hydrogen-bond donors (Lipinski definition) is 2. The van der Waals surface area contributed by atoms with E-state index in [0.29, 0.717) is 40.2 Å².